The van der Waals surface area contributed by atoms with Gasteiger partial charge < -0.3 is 10.1 Å². The smallest absolute Gasteiger partial charge is 0.154 e. The highest BCUT2D eigenvalue weighted by Gasteiger charge is 2.28. The van der Waals surface area contributed by atoms with Gasteiger partial charge in [0.25, 0.3) is 0 Å². The Labute approximate surface area is 98.7 Å². The second-order valence-corrected chi connectivity index (χ2v) is 6.82. The van der Waals surface area contributed by atoms with Gasteiger partial charge in [-0.1, -0.05) is 6.92 Å². The molecule has 1 N–H and O–H groups in total. The van der Waals surface area contributed by atoms with Gasteiger partial charge in [-0.15, -0.1) is 0 Å². The second kappa shape index (κ2) is 6.57. The van der Waals surface area contributed by atoms with Gasteiger partial charge in [0.1, 0.15) is 0 Å². The fourth-order valence-electron chi connectivity index (χ4n) is 1.97. The Morgan fingerprint density at radius 3 is 2.56 bits per heavy atom. The predicted octanol–water partition coefficient (Wildman–Crippen LogP) is 0.968. The van der Waals surface area contributed by atoms with E-state index in [4.69, 9.17) is 4.74 Å². The molecule has 1 fully saturated rings. The van der Waals surface area contributed by atoms with Gasteiger partial charge in [0.2, 0.25) is 0 Å². The highest BCUT2D eigenvalue weighted by atomic mass is 32.2. The van der Waals surface area contributed by atoms with E-state index in [1.807, 2.05) is 6.92 Å². The molecule has 1 aliphatic rings. The Kier molecular flexibility index (Phi) is 5.72. The van der Waals surface area contributed by atoms with E-state index in [0.29, 0.717) is 26.1 Å². The van der Waals surface area contributed by atoms with Crippen molar-refractivity contribution in [2.24, 2.45) is 0 Å². The van der Waals surface area contributed by atoms with Crippen LogP contribution in [0.3, 0.4) is 0 Å². The average Bonchev–Trinajstić information content (AvgIpc) is 2.27. The molecule has 0 aliphatic carbocycles. The van der Waals surface area contributed by atoms with Crippen molar-refractivity contribution < 1.29 is 13.2 Å². The van der Waals surface area contributed by atoms with E-state index in [1.165, 1.54) is 0 Å². The predicted molar refractivity (Wildman–Crippen MR) is 65.4 cm³/mol. The Morgan fingerprint density at radius 2 is 2.00 bits per heavy atom. The summed E-state index contributed by atoms with van der Waals surface area (Å²) < 4.78 is 29.3. The molecule has 0 aromatic heterocycles. The van der Waals surface area contributed by atoms with Crippen LogP contribution < -0.4 is 5.32 Å². The first kappa shape index (κ1) is 13.9. The first-order valence-electron chi connectivity index (χ1n) is 6.09. The molecule has 0 aromatic carbocycles. The van der Waals surface area contributed by atoms with E-state index in [9.17, 15) is 8.42 Å². The van der Waals surface area contributed by atoms with Crippen LogP contribution in [0.4, 0.5) is 0 Å². The van der Waals surface area contributed by atoms with Gasteiger partial charge >= 0.3 is 0 Å². The monoisotopic (exact) mass is 249 g/mol. The van der Waals surface area contributed by atoms with E-state index in [0.717, 1.165) is 13.0 Å². The number of hydrogen-bond acceptors (Lipinski definition) is 4. The molecule has 1 aliphatic heterocycles. The van der Waals surface area contributed by atoms with Crippen LogP contribution in [0.1, 0.15) is 33.1 Å². The van der Waals surface area contributed by atoms with Gasteiger partial charge in [-0.05, 0) is 32.7 Å². The van der Waals surface area contributed by atoms with Gasteiger partial charge in [-0.25, -0.2) is 8.42 Å². The molecular weight excluding hydrogens is 226 g/mol. The van der Waals surface area contributed by atoms with Crippen molar-refractivity contribution in [1.29, 1.82) is 0 Å². The molecule has 0 radical (unpaired) electrons. The van der Waals surface area contributed by atoms with E-state index in [-0.39, 0.29) is 17.0 Å². The van der Waals surface area contributed by atoms with Gasteiger partial charge in [0.15, 0.2) is 9.84 Å². The lowest BCUT2D eigenvalue weighted by Crippen LogP contribution is -2.39. The summed E-state index contributed by atoms with van der Waals surface area (Å²) in [6.07, 6.45) is 2.34. The Bertz CT molecular complexity index is 284. The average molecular weight is 249 g/mol. The topological polar surface area (TPSA) is 55.4 Å². The summed E-state index contributed by atoms with van der Waals surface area (Å²) >= 11 is 0. The molecule has 16 heavy (non-hydrogen) atoms. The van der Waals surface area contributed by atoms with Gasteiger partial charge in [-0.2, -0.15) is 0 Å². The standard InChI is InChI=1S/C11H23NO3S/c1-3-6-12-10(2)9-16(13,14)11-4-7-15-8-5-11/h10-12H,3-9H2,1-2H3. The number of hydrogen-bond donors (Lipinski definition) is 1. The summed E-state index contributed by atoms with van der Waals surface area (Å²) in [6.45, 7) is 6.06. The van der Waals surface area contributed by atoms with Crippen LogP contribution in [0.2, 0.25) is 0 Å². The van der Waals surface area contributed by atoms with Crippen molar-refractivity contribution in [3.05, 3.63) is 0 Å². The minimum atomic E-state index is -2.96. The maximum absolute atomic E-state index is 12.1. The fraction of sp³-hybridized carbons (Fsp3) is 1.00. The molecular formula is C11H23NO3S. The van der Waals surface area contributed by atoms with Crippen LogP contribution >= 0.6 is 0 Å². The van der Waals surface area contributed by atoms with Crippen molar-refractivity contribution in [2.75, 3.05) is 25.5 Å². The summed E-state index contributed by atoms with van der Waals surface area (Å²) in [7, 11) is -2.96. The van der Waals surface area contributed by atoms with Gasteiger partial charge in [0, 0.05) is 19.3 Å². The second-order valence-electron chi connectivity index (χ2n) is 4.50. The minimum Gasteiger partial charge on any atom is -0.381 e. The first-order valence-corrected chi connectivity index (χ1v) is 7.80. The number of rotatable bonds is 6. The SMILES string of the molecule is CCCNC(C)CS(=O)(=O)C1CCOCC1. The van der Waals surface area contributed by atoms with Crippen molar-refractivity contribution in [3.8, 4) is 0 Å². The van der Waals surface area contributed by atoms with Crippen LogP contribution in [0.5, 0.6) is 0 Å². The zero-order chi connectivity index (χ0) is 12.0. The molecule has 1 heterocycles. The molecule has 1 atom stereocenters. The maximum atomic E-state index is 12.1. The van der Waals surface area contributed by atoms with E-state index < -0.39 is 9.84 Å². The third kappa shape index (κ3) is 4.39. The Morgan fingerprint density at radius 1 is 1.38 bits per heavy atom. The van der Waals surface area contributed by atoms with Crippen LogP contribution in [0.15, 0.2) is 0 Å². The van der Waals surface area contributed by atoms with E-state index >= 15 is 0 Å². The first-order chi connectivity index (χ1) is 7.56. The fourth-order valence-corrected chi connectivity index (χ4v) is 3.97. The van der Waals surface area contributed by atoms with Crippen molar-refractivity contribution >= 4 is 9.84 Å². The van der Waals surface area contributed by atoms with E-state index in [2.05, 4.69) is 12.2 Å². The molecule has 0 bridgehead atoms. The van der Waals surface area contributed by atoms with Crippen LogP contribution in [-0.4, -0.2) is 45.2 Å². The van der Waals surface area contributed by atoms with Crippen LogP contribution in [-0.2, 0) is 14.6 Å². The number of ether oxygens (including phenoxy) is 1. The van der Waals surface area contributed by atoms with Crippen LogP contribution in [0, 0.1) is 0 Å². The zero-order valence-electron chi connectivity index (χ0n) is 10.2. The lowest BCUT2D eigenvalue weighted by molar-refractivity contribution is 0.0983. The lowest BCUT2D eigenvalue weighted by Gasteiger charge is -2.24. The summed E-state index contributed by atoms with van der Waals surface area (Å²) in [5.74, 6) is 0.248. The molecule has 96 valence electrons. The molecule has 0 aromatic rings. The van der Waals surface area contributed by atoms with Crippen LogP contribution in [0.25, 0.3) is 0 Å². The highest BCUT2D eigenvalue weighted by Crippen LogP contribution is 2.17. The summed E-state index contributed by atoms with van der Waals surface area (Å²) in [5, 5.41) is 3.03. The molecule has 0 spiro atoms. The molecule has 1 rings (SSSR count). The Hall–Kier alpha value is -0.130. The largest absolute Gasteiger partial charge is 0.381 e. The maximum Gasteiger partial charge on any atom is 0.154 e. The van der Waals surface area contributed by atoms with E-state index in [1.54, 1.807) is 0 Å². The van der Waals surface area contributed by atoms with Gasteiger partial charge in [0.05, 0.1) is 11.0 Å². The number of sulfone groups is 1. The molecule has 1 unspecified atom stereocenters. The summed E-state index contributed by atoms with van der Waals surface area (Å²) in [4.78, 5) is 0. The molecule has 1 saturated heterocycles. The van der Waals surface area contributed by atoms with Crippen molar-refractivity contribution in [1.82, 2.24) is 5.32 Å². The molecule has 5 heteroatoms. The third-order valence-electron chi connectivity index (χ3n) is 2.90. The summed E-state index contributed by atoms with van der Waals surface area (Å²) in [6, 6.07) is 0.0489. The van der Waals surface area contributed by atoms with Crippen molar-refractivity contribution in [2.45, 2.75) is 44.4 Å². The highest BCUT2D eigenvalue weighted by molar-refractivity contribution is 7.92. The number of nitrogens with one attached hydrogen (secondary N) is 1. The lowest BCUT2D eigenvalue weighted by atomic mass is 10.2. The quantitative estimate of drug-likeness (QED) is 0.762. The summed E-state index contributed by atoms with van der Waals surface area (Å²) in [5.41, 5.74) is 0. The normalized spacial score (nSPS) is 20.9. The third-order valence-corrected chi connectivity index (χ3v) is 5.35. The molecule has 0 amide bonds. The van der Waals surface area contributed by atoms with Crippen molar-refractivity contribution in [3.63, 3.8) is 0 Å². The zero-order valence-corrected chi connectivity index (χ0v) is 11.1. The Balaban J connectivity index is 2.43. The molecule has 4 nitrogen and oxygen atoms in total. The molecule has 0 saturated carbocycles. The van der Waals surface area contributed by atoms with Gasteiger partial charge in [-0.3, -0.25) is 0 Å². The minimum absolute atomic E-state index is 0.0489.